The highest BCUT2D eigenvalue weighted by atomic mass is 16.5. The van der Waals surface area contributed by atoms with E-state index >= 15 is 0 Å². The molecule has 0 aliphatic heterocycles. The number of likely N-dealkylation sites (N-methyl/N-ethyl adjacent to an activating group) is 1. The highest BCUT2D eigenvalue weighted by Gasteiger charge is 2.05. The van der Waals surface area contributed by atoms with Gasteiger partial charge in [-0.1, -0.05) is 12.1 Å². The van der Waals surface area contributed by atoms with Crippen LogP contribution in [-0.2, 0) is 4.74 Å². The van der Waals surface area contributed by atoms with Crippen molar-refractivity contribution in [3.63, 3.8) is 0 Å². The van der Waals surface area contributed by atoms with Crippen LogP contribution in [0.1, 0.15) is 32.4 Å². The molecule has 0 aromatic heterocycles. The van der Waals surface area contributed by atoms with Gasteiger partial charge in [-0.05, 0) is 52.6 Å². The van der Waals surface area contributed by atoms with Crippen molar-refractivity contribution in [3.05, 3.63) is 29.8 Å². The molecule has 0 fully saturated rings. The van der Waals surface area contributed by atoms with Gasteiger partial charge in [0.1, 0.15) is 5.75 Å². The predicted molar refractivity (Wildman–Crippen MR) is 88.0 cm³/mol. The van der Waals surface area contributed by atoms with Crippen LogP contribution in [0.3, 0.4) is 0 Å². The maximum Gasteiger partial charge on any atom is 0.119 e. The molecule has 0 aliphatic rings. The monoisotopic (exact) mass is 294 g/mol. The van der Waals surface area contributed by atoms with Gasteiger partial charge in [-0.2, -0.15) is 0 Å². The Morgan fingerprint density at radius 2 is 1.71 bits per heavy atom. The highest BCUT2D eigenvalue weighted by Crippen LogP contribution is 2.18. The smallest absolute Gasteiger partial charge is 0.119 e. The van der Waals surface area contributed by atoms with Crippen LogP contribution in [0, 0.1) is 0 Å². The lowest BCUT2D eigenvalue weighted by Gasteiger charge is -2.16. The van der Waals surface area contributed by atoms with Gasteiger partial charge in [-0.15, -0.1) is 0 Å². The Labute approximate surface area is 129 Å². The lowest BCUT2D eigenvalue weighted by atomic mass is 10.1. The van der Waals surface area contributed by atoms with Gasteiger partial charge in [0, 0.05) is 19.1 Å². The van der Waals surface area contributed by atoms with E-state index in [1.807, 2.05) is 26.0 Å². The molecule has 4 heteroatoms. The molecule has 1 aromatic carbocycles. The molecule has 0 heterocycles. The van der Waals surface area contributed by atoms with Crippen molar-refractivity contribution in [2.45, 2.75) is 32.9 Å². The second kappa shape index (κ2) is 9.77. The zero-order valence-electron chi connectivity index (χ0n) is 14.1. The first-order valence-corrected chi connectivity index (χ1v) is 7.71. The van der Waals surface area contributed by atoms with Crippen molar-refractivity contribution in [1.82, 2.24) is 10.2 Å². The molecule has 1 rings (SSSR count). The summed E-state index contributed by atoms with van der Waals surface area (Å²) in [5.41, 5.74) is 1.26. The second-order valence-corrected chi connectivity index (χ2v) is 5.83. The first-order valence-electron chi connectivity index (χ1n) is 7.71. The Morgan fingerprint density at radius 3 is 2.29 bits per heavy atom. The molecular formula is C17H30N2O2. The number of nitrogens with one attached hydrogen (secondary N) is 1. The molecule has 4 nitrogen and oxygen atoms in total. The van der Waals surface area contributed by atoms with E-state index in [1.165, 1.54) is 5.56 Å². The van der Waals surface area contributed by atoms with E-state index in [0.29, 0.717) is 6.04 Å². The summed E-state index contributed by atoms with van der Waals surface area (Å²) in [7, 11) is 4.10. The summed E-state index contributed by atoms with van der Waals surface area (Å²) < 4.78 is 11.2. The molecule has 1 unspecified atom stereocenters. The summed E-state index contributed by atoms with van der Waals surface area (Å²) in [6.45, 7) is 9.59. The van der Waals surface area contributed by atoms with Crippen LogP contribution in [0.15, 0.2) is 24.3 Å². The Bertz CT molecular complexity index is 377. The van der Waals surface area contributed by atoms with Crippen molar-refractivity contribution in [2.24, 2.45) is 0 Å². The molecule has 120 valence electrons. The van der Waals surface area contributed by atoms with E-state index in [4.69, 9.17) is 9.47 Å². The standard InChI is InChI=1S/C17H30N2O2/c1-14(2)21-17-8-6-16(7-9-17)15(3)18-10-12-20-13-11-19(4)5/h6-9,14-15,18H,10-13H2,1-5H3. The lowest BCUT2D eigenvalue weighted by Crippen LogP contribution is -2.25. The van der Waals surface area contributed by atoms with Crippen LogP contribution in [-0.4, -0.2) is 51.4 Å². The summed E-state index contributed by atoms with van der Waals surface area (Å²) in [4.78, 5) is 2.12. The van der Waals surface area contributed by atoms with Crippen LogP contribution in [0.25, 0.3) is 0 Å². The number of benzene rings is 1. The Kier molecular flexibility index (Phi) is 8.35. The molecule has 0 saturated carbocycles. The average molecular weight is 294 g/mol. The van der Waals surface area contributed by atoms with Crippen LogP contribution in [0.5, 0.6) is 5.75 Å². The first-order chi connectivity index (χ1) is 9.99. The number of hydrogen-bond donors (Lipinski definition) is 1. The van der Waals surface area contributed by atoms with Crippen LogP contribution >= 0.6 is 0 Å². The molecule has 0 amide bonds. The first kappa shape index (κ1) is 18.0. The molecule has 1 atom stereocenters. The quantitative estimate of drug-likeness (QED) is 0.673. The number of ether oxygens (including phenoxy) is 2. The molecular weight excluding hydrogens is 264 g/mol. The van der Waals surface area contributed by atoms with Gasteiger partial charge in [-0.3, -0.25) is 0 Å². The summed E-state index contributed by atoms with van der Waals surface area (Å²) in [6.07, 6.45) is 0.214. The van der Waals surface area contributed by atoms with Gasteiger partial charge in [0.15, 0.2) is 0 Å². The van der Waals surface area contributed by atoms with Gasteiger partial charge in [0.2, 0.25) is 0 Å². The molecule has 0 radical (unpaired) electrons. The second-order valence-electron chi connectivity index (χ2n) is 5.83. The third kappa shape index (κ3) is 8.05. The summed E-state index contributed by atoms with van der Waals surface area (Å²) in [5, 5.41) is 3.47. The minimum absolute atomic E-state index is 0.214. The normalized spacial score (nSPS) is 12.9. The molecule has 21 heavy (non-hydrogen) atoms. The van der Waals surface area contributed by atoms with Crippen molar-refractivity contribution < 1.29 is 9.47 Å². The summed E-state index contributed by atoms with van der Waals surface area (Å²) in [6, 6.07) is 8.60. The third-order valence-electron chi connectivity index (χ3n) is 3.13. The minimum atomic E-state index is 0.214. The Morgan fingerprint density at radius 1 is 1.05 bits per heavy atom. The van der Waals surface area contributed by atoms with Gasteiger partial charge in [0.05, 0.1) is 19.3 Å². The van der Waals surface area contributed by atoms with Crippen molar-refractivity contribution >= 4 is 0 Å². The number of hydrogen-bond acceptors (Lipinski definition) is 4. The van der Waals surface area contributed by atoms with Gasteiger partial charge in [-0.25, -0.2) is 0 Å². The molecule has 0 aliphatic carbocycles. The SMILES string of the molecule is CC(C)Oc1ccc(C(C)NCCOCCN(C)C)cc1. The van der Waals surface area contributed by atoms with E-state index in [1.54, 1.807) is 0 Å². The van der Waals surface area contributed by atoms with E-state index < -0.39 is 0 Å². The highest BCUT2D eigenvalue weighted by molar-refractivity contribution is 5.29. The maximum atomic E-state index is 5.65. The largest absolute Gasteiger partial charge is 0.491 e. The third-order valence-corrected chi connectivity index (χ3v) is 3.13. The average Bonchev–Trinajstić information content (AvgIpc) is 2.42. The zero-order valence-corrected chi connectivity index (χ0v) is 14.1. The fourth-order valence-electron chi connectivity index (χ4n) is 1.92. The fourth-order valence-corrected chi connectivity index (χ4v) is 1.92. The number of rotatable bonds is 10. The van der Waals surface area contributed by atoms with Crippen molar-refractivity contribution in [3.8, 4) is 5.75 Å². The van der Waals surface area contributed by atoms with E-state index in [0.717, 1.165) is 32.1 Å². The Hall–Kier alpha value is -1.10. The van der Waals surface area contributed by atoms with Crippen LogP contribution in [0.2, 0.25) is 0 Å². The van der Waals surface area contributed by atoms with E-state index in [9.17, 15) is 0 Å². The van der Waals surface area contributed by atoms with E-state index in [2.05, 4.69) is 43.4 Å². The van der Waals surface area contributed by atoms with Crippen LogP contribution < -0.4 is 10.1 Å². The summed E-state index contributed by atoms with van der Waals surface area (Å²) in [5.74, 6) is 0.924. The van der Waals surface area contributed by atoms with Crippen LogP contribution in [0.4, 0.5) is 0 Å². The van der Waals surface area contributed by atoms with Gasteiger partial charge in [0.25, 0.3) is 0 Å². The minimum Gasteiger partial charge on any atom is -0.491 e. The topological polar surface area (TPSA) is 33.7 Å². The van der Waals surface area contributed by atoms with Crippen molar-refractivity contribution in [2.75, 3.05) is 40.4 Å². The lowest BCUT2D eigenvalue weighted by molar-refractivity contribution is 0.118. The van der Waals surface area contributed by atoms with Crippen molar-refractivity contribution in [1.29, 1.82) is 0 Å². The van der Waals surface area contributed by atoms with Gasteiger partial charge >= 0.3 is 0 Å². The number of nitrogens with zero attached hydrogens (tertiary/aromatic N) is 1. The zero-order chi connectivity index (χ0) is 15.7. The molecule has 0 spiro atoms. The molecule has 1 N–H and O–H groups in total. The van der Waals surface area contributed by atoms with E-state index in [-0.39, 0.29) is 6.10 Å². The fraction of sp³-hybridized carbons (Fsp3) is 0.647. The molecule has 0 saturated heterocycles. The Balaban J connectivity index is 2.24. The molecule has 1 aromatic rings. The molecule has 0 bridgehead atoms. The predicted octanol–water partition coefficient (Wildman–Crippen LogP) is 2.70. The maximum absolute atomic E-state index is 5.65. The van der Waals surface area contributed by atoms with Gasteiger partial charge < -0.3 is 19.7 Å². The summed E-state index contributed by atoms with van der Waals surface area (Å²) >= 11 is 0.